The monoisotopic (exact) mass is 441 g/mol. The van der Waals surface area contributed by atoms with E-state index < -0.39 is 5.41 Å². The Hall–Kier alpha value is -2.58. The highest BCUT2D eigenvalue weighted by Crippen LogP contribution is 2.37. The molecule has 1 amide bonds. The Balaban J connectivity index is 1.61. The van der Waals surface area contributed by atoms with E-state index in [-0.39, 0.29) is 5.91 Å². The first kappa shape index (κ1) is 18.8. The first-order chi connectivity index (χ1) is 13.6. The molecule has 7 nitrogen and oxygen atoms in total. The van der Waals surface area contributed by atoms with Gasteiger partial charge in [-0.3, -0.25) is 4.79 Å². The molecule has 0 saturated carbocycles. The number of hydrogen-bond acceptors (Lipinski definition) is 5. The quantitative estimate of drug-likeness (QED) is 0.670. The molecule has 1 fully saturated rings. The Morgan fingerprint density at radius 2 is 1.93 bits per heavy atom. The summed E-state index contributed by atoms with van der Waals surface area (Å²) in [4.78, 5) is 13.4. The number of rotatable bonds is 4. The van der Waals surface area contributed by atoms with Gasteiger partial charge in [-0.25, -0.2) is 4.68 Å². The largest absolute Gasteiger partial charge is 0.381 e. The summed E-state index contributed by atoms with van der Waals surface area (Å²) in [5.41, 5.74) is 3.01. The Morgan fingerprint density at radius 1 is 1.18 bits per heavy atom. The van der Waals surface area contributed by atoms with Crippen LogP contribution >= 0.6 is 15.9 Å². The summed E-state index contributed by atoms with van der Waals surface area (Å²) in [7, 11) is 0. The minimum atomic E-state index is -0.596. The number of aryl methyl sites for hydroxylation is 1. The summed E-state index contributed by atoms with van der Waals surface area (Å²) in [6.07, 6.45) is 2.86. The molecule has 0 unspecified atom stereocenters. The molecular weight excluding hydrogens is 422 g/mol. The van der Waals surface area contributed by atoms with E-state index in [4.69, 9.17) is 4.74 Å². The Labute approximate surface area is 171 Å². The minimum absolute atomic E-state index is 0.00676. The van der Waals surface area contributed by atoms with Gasteiger partial charge in [0, 0.05) is 23.4 Å². The molecule has 2 heterocycles. The molecule has 3 aromatic rings. The molecule has 144 valence electrons. The van der Waals surface area contributed by atoms with Gasteiger partial charge < -0.3 is 10.1 Å². The van der Waals surface area contributed by atoms with Crippen LogP contribution in [0.15, 0.2) is 53.3 Å². The van der Waals surface area contributed by atoms with Crippen LogP contribution in [0, 0.1) is 6.92 Å². The van der Waals surface area contributed by atoms with Gasteiger partial charge in [-0.05, 0) is 71.7 Å². The molecule has 0 aliphatic carbocycles. The zero-order valence-electron chi connectivity index (χ0n) is 15.4. The van der Waals surface area contributed by atoms with Crippen molar-refractivity contribution in [1.29, 1.82) is 0 Å². The van der Waals surface area contributed by atoms with E-state index in [1.165, 1.54) is 0 Å². The SMILES string of the molecule is Cc1cc(NC(=O)C2(c3ccc(Br)cc3)CCOCC2)ccc1-n1cnnn1. The van der Waals surface area contributed by atoms with Crippen molar-refractivity contribution < 1.29 is 9.53 Å². The maximum Gasteiger partial charge on any atom is 0.235 e. The van der Waals surface area contributed by atoms with Crippen LogP contribution in [0.2, 0.25) is 0 Å². The molecule has 8 heteroatoms. The summed E-state index contributed by atoms with van der Waals surface area (Å²) in [5.74, 6) is -0.00676. The van der Waals surface area contributed by atoms with Crippen LogP contribution in [0.5, 0.6) is 0 Å². The first-order valence-corrected chi connectivity index (χ1v) is 9.87. The number of hydrogen-bond donors (Lipinski definition) is 1. The number of carbonyl (C=O) groups excluding carboxylic acids is 1. The van der Waals surface area contributed by atoms with E-state index in [9.17, 15) is 4.79 Å². The number of aromatic nitrogens is 4. The third-order valence-electron chi connectivity index (χ3n) is 5.23. The highest BCUT2D eigenvalue weighted by atomic mass is 79.9. The van der Waals surface area contributed by atoms with Crippen molar-refractivity contribution >= 4 is 27.5 Å². The number of ether oxygens (including phenoxy) is 1. The smallest absolute Gasteiger partial charge is 0.235 e. The summed E-state index contributed by atoms with van der Waals surface area (Å²) in [6.45, 7) is 3.10. The summed E-state index contributed by atoms with van der Waals surface area (Å²) in [6, 6.07) is 13.7. The highest BCUT2D eigenvalue weighted by Gasteiger charge is 2.41. The molecule has 1 aliphatic rings. The number of tetrazole rings is 1. The van der Waals surface area contributed by atoms with Gasteiger partial charge in [0.05, 0.1) is 11.1 Å². The van der Waals surface area contributed by atoms with Crippen LogP contribution in [0.4, 0.5) is 5.69 Å². The lowest BCUT2D eigenvalue weighted by Gasteiger charge is -2.36. The van der Waals surface area contributed by atoms with Gasteiger partial charge >= 0.3 is 0 Å². The lowest BCUT2D eigenvalue weighted by Crippen LogP contribution is -2.44. The molecule has 4 rings (SSSR count). The average Bonchev–Trinajstić information content (AvgIpc) is 3.23. The normalized spacial score (nSPS) is 15.9. The molecule has 1 saturated heterocycles. The molecule has 1 aromatic heterocycles. The fraction of sp³-hybridized carbons (Fsp3) is 0.300. The third-order valence-corrected chi connectivity index (χ3v) is 5.76. The van der Waals surface area contributed by atoms with E-state index in [1.54, 1.807) is 11.0 Å². The van der Waals surface area contributed by atoms with Crippen LogP contribution in [0.1, 0.15) is 24.0 Å². The second-order valence-electron chi connectivity index (χ2n) is 6.91. The molecular formula is C20H20BrN5O2. The summed E-state index contributed by atoms with van der Waals surface area (Å²) in [5, 5.41) is 14.4. The first-order valence-electron chi connectivity index (χ1n) is 9.08. The number of amides is 1. The van der Waals surface area contributed by atoms with Crippen molar-refractivity contribution in [1.82, 2.24) is 20.2 Å². The molecule has 0 spiro atoms. The average molecular weight is 442 g/mol. The van der Waals surface area contributed by atoms with E-state index in [2.05, 4.69) is 36.8 Å². The van der Waals surface area contributed by atoms with E-state index in [0.29, 0.717) is 26.1 Å². The molecule has 1 N–H and O–H groups in total. The van der Waals surface area contributed by atoms with Crippen molar-refractivity contribution in [3.63, 3.8) is 0 Å². The molecule has 28 heavy (non-hydrogen) atoms. The maximum atomic E-state index is 13.4. The summed E-state index contributed by atoms with van der Waals surface area (Å²) >= 11 is 3.47. The van der Waals surface area contributed by atoms with Crippen LogP contribution < -0.4 is 5.32 Å². The summed E-state index contributed by atoms with van der Waals surface area (Å²) < 4.78 is 8.13. The standard InChI is InChI=1S/C20H20BrN5O2/c1-14-12-17(6-7-18(14)26-13-22-24-25-26)23-19(27)20(8-10-28-11-9-20)15-2-4-16(21)5-3-15/h2-7,12-13H,8-11H2,1H3,(H,23,27). The van der Waals surface area contributed by atoms with Crippen molar-refractivity contribution in [3.05, 3.63) is 64.4 Å². The van der Waals surface area contributed by atoms with Crippen LogP contribution in [-0.2, 0) is 14.9 Å². The van der Waals surface area contributed by atoms with Gasteiger partial charge in [-0.2, -0.15) is 0 Å². The van der Waals surface area contributed by atoms with Gasteiger partial charge in [-0.1, -0.05) is 28.1 Å². The predicted octanol–water partition coefficient (Wildman–Crippen LogP) is 3.42. The number of nitrogens with zero attached hydrogens (tertiary/aromatic N) is 4. The number of anilines is 1. The zero-order chi connectivity index (χ0) is 19.6. The van der Waals surface area contributed by atoms with Gasteiger partial charge in [-0.15, -0.1) is 5.10 Å². The molecule has 0 radical (unpaired) electrons. The highest BCUT2D eigenvalue weighted by molar-refractivity contribution is 9.10. The van der Waals surface area contributed by atoms with Crippen LogP contribution in [-0.4, -0.2) is 39.3 Å². The zero-order valence-corrected chi connectivity index (χ0v) is 17.0. The fourth-order valence-electron chi connectivity index (χ4n) is 3.65. The lowest BCUT2D eigenvalue weighted by atomic mass is 9.73. The lowest BCUT2D eigenvalue weighted by molar-refractivity contribution is -0.125. The number of carbonyl (C=O) groups is 1. The predicted molar refractivity (Wildman–Crippen MR) is 108 cm³/mol. The Morgan fingerprint density at radius 3 is 2.57 bits per heavy atom. The topological polar surface area (TPSA) is 81.9 Å². The second-order valence-corrected chi connectivity index (χ2v) is 7.83. The second kappa shape index (κ2) is 7.81. The van der Waals surface area contributed by atoms with E-state index >= 15 is 0 Å². The van der Waals surface area contributed by atoms with Gasteiger partial charge in [0.25, 0.3) is 0 Å². The number of benzene rings is 2. The molecule has 1 aliphatic heterocycles. The van der Waals surface area contributed by atoms with Crippen molar-refractivity contribution in [2.75, 3.05) is 18.5 Å². The molecule has 2 aromatic carbocycles. The maximum absolute atomic E-state index is 13.4. The third kappa shape index (κ3) is 3.57. The molecule has 0 atom stereocenters. The minimum Gasteiger partial charge on any atom is -0.381 e. The Kier molecular flexibility index (Phi) is 5.23. The number of nitrogens with one attached hydrogen (secondary N) is 1. The van der Waals surface area contributed by atoms with Gasteiger partial charge in [0.1, 0.15) is 6.33 Å². The molecule has 0 bridgehead atoms. The fourth-order valence-corrected chi connectivity index (χ4v) is 3.91. The van der Waals surface area contributed by atoms with E-state index in [1.807, 2.05) is 49.4 Å². The van der Waals surface area contributed by atoms with Crippen molar-refractivity contribution in [3.8, 4) is 5.69 Å². The van der Waals surface area contributed by atoms with Crippen molar-refractivity contribution in [2.45, 2.75) is 25.2 Å². The Bertz CT molecular complexity index is 967. The van der Waals surface area contributed by atoms with Crippen LogP contribution in [0.3, 0.4) is 0 Å². The number of halogens is 1. The van der Waals surface area contributed by atoms with Gasteiger partial charge in [0.2, 0.25) is 5.91 Å². The van der Waals surface area contributed by atoms with Gasteiger partial charge in [0.15, 0.2) is 0 Å². The van der Waals surface area contributed by atoms with Crippen LogP contribution in [0.25, 0.3) is 5.69 Å². The van der Waals surface area contributed by atoms with E-state index in [0.717, 1.165) is 27.0 Å². The van der Waals surface area contributed by atoms with Crippen molar-refractivity contribution in [2.24, 2.45) is 0 Å².